The molecule has 1 aromatic rings. The van der Waals surface area contributed by atoms with Crippen LogP contribution < -0.4 is 5.32 Å². The van der Waals surface area contributed by atoms with E-state index >= 15 is 0 Å². The lowest BCUT2D eigenvalue weighted by atomic mass is 10.2. The van der Waals surface area contributed by atoms with Crippen LogP contribution in [0.3, 0.4) is 0 Å². The summed E-state index contributed by atoms with van der Waals surface area (Å²) in [6.07, 6.45) is 1.64. The summed E-state index contributed by atoms with van der Waals surface area (Å²) < 4.78 is 0.801. The van der Waals surface area contributed by atoms with Gasteiger partial charge in [-0.25, -0.2) is 0 Å². The second kappa shape index (κ2) is 4.76. The first kappa shape index (κ1) is 10.7. The lowest BCUT2D eigenvalue weighted by Crippen LogP contribution is -2.01. The third-order valence-corrected chi connectivity index (χ3v) is 2.09. The molecule has 74 valence electrons. The normalized spacial score (nSPS) is 9.50. The summed E-state index contributed by atoms with van der Waals surface area (Å²) in [6.45, 7) is 4.03. The highest BCUT2D eigenvalue weighted by atomic mass is 79.9. The Kier molecular flexibility index (Phi) is 3.64. The van der Waals surface area contributed by atoms with Crippen molar-refractivity contribution >= 4 is 27.3 Å². The van der Waals surface area contributed by atoms with Crippen molar-refractivity contribution in [3.63, 3.8) is 0 Å². The molecule has 0 bridgehead atoms. The molecule has 5 heteroatoms. The lowest BCUT2D eigenvalue weighted by Gasteiger charge is -2.04. The Morgan fingerprint density at radius 2 is 2.36 bits per heavy atom. The molecule has 0 aliphatic heterocycles. The number of nitrogens with zero attached hydrogens (tertiary/aromatic N) is 1. The number of anilines is 1. The Labute approximate surface area is 89.9 Å². The molecule has 1 rings (SSSR count). The first-order valence-corrected chi connectivity index (χ1v) is 4.73. The first-order chi connectivity index (χ1) is 6.65. The molecule has 0 saturated heterocycles. The molecule has 0 amide bonds. The predicted molar refractivity (Wildman–Crippen MR) is 59.5 cm³/mol. The van der Waals surface area contributed by atoms with Gasteiger partial charge in [0.05, 0.1) is 4.92 Å². The summed E-state index contributed by atoms with van der Waals surface area (Å²) in [7, 11) is 0. The van der Waals surface area contributed by atoms with E-state index in [0.717, 1.165) is 4.47 Å². The zero-order valence-electron chi connectivity index (χ0n) is 7.37. The van der Waals surface area contributed by atoms with E-state index < -0.39 is 4.92 Å². The van der Waals surface area contributed by atoms with Crippen LogP contribution in [0.15, 0.2) is 35.3 Å². The molecule has 0 radical (unpaired) electrons. The molecule has 0 heterocycles. The number of halogens is 1. The number of nitro benzene ring substituents is 1. The van der Waals surface area contributed by atoms with Gasteiger partial charge < -0.3 is 5.32 Å². The van der Waals surface area contributed by atoms with Crippen molar-refractivity contribution in [2.45, 2.75) is 0 Å². The minimum atomic E-state index is -0.419. The molecule has 0 atom stereocenters. The Morgan fingerprint density at radius 1 is 1.64 bits per heavy atom. The van der Waals surface area contributed by atoms with E-state index in [1.807, 2.05) is 0 Å². The molecule has 1 N–H and O–H groups in total. The molecule has 0 aliphatic rings. The SMILES string of the molecule is C=CCNc1cc(Br)ccc1[N+](=O)[O-]. The van der Waals surface area contributed by atoms with E-state index in [9.17, 15) is 10.1 Å². The molecule has 1 aromatic carbocycles. The average Bonchev–Trinajstić information content (AvgIpc) is 2.14. The van der Waals surface area contributed by atoms with Crippen molar-refractivity contribution in [3.8, 4) is 0 Å². The largest absolute Gasteiger partial charge is 0.376 e. The molecule has 4 nitrogen and oxygen atoms in total. The predicted octanol–water partition coefficient (Wildman–Crippen LogP) is 2.96. The van der Waals surface area contributed by atoms with Gasteiger partial charge in [0.1, 0.15) is 5.69 Å². The fourth-order valence-electron chi connectivity index (χ4n) is 0.991. The van der Waals surface area contributed by atoms with Gasteiger partial charge in [-0.2, -0.15) is 0 Å². The second-order valence-corrected chi connectivity index (χ2v) is 3.50. The molecular formula is C9H9BrN2O2. The number of hydrogen-bond acceptors (Lipinski definition) is 3. The summed E-state index contributed by atoms with van der Waals surface area (Å²) in [4.78, 5) is 10.2. The van der Waals surface area contributed by atoms with Crippen LogP contribution in [-0.4, -0.2) is 11.5 Å². The van der Waals surface area contributed by atoms with Crippen molar-refractivity contribution in [2.75, 3.05) is 11.9 Å². The van der Waals surface area contributed by atoms with E-state index in [1.54, 1.807) is 18.2 Å². The van der Waals surface area contributed by atoms with Gasteiger partial charge in [-0.3, -0.25) is 10.1 Å². The third-order valence-electron chi connectivity index (χ3n) is 1.59. The zero-order chi connectivity index (χ0) is 10.6. The van der Waals surface area contributed by atoms with Gasteiger partial charge in [0.15, 0.2) is 0 Å². The highest BCUT2D eigenvalue weighted by molar-refractivity contribution is 9.10. The van der Waals surface area contributed by atoms with E-state index in [1.165, 1.54) is 6.07 Å². The minimum Gasteiger partial charge on any atom is -0.376 e. The molecular weight excluding hydrogens is 248 g/mol. The Morgan fingerprint density at radius 3 is 2.93 bits per heavy atom. The summed E-state index contributed by atoms with van der Waals surface area (Å²) in [5, 5.41) is 13.5. The summed E-state index contributed by atoms with van der Waals surface area (Å²) in [5.74, 6) is 0. The van der Waals surface area contributed by atoms with Gasteiger partial charge in [-0.15, -0.1) is 6.58 Å². The van der Waals surface area contributed by atoms with Crippen molar-refractivity contribution in [1.82, 2.24) is 0 Å². The van der Waals surface area contributed by atoms with E-state index in [0.29, 0.717) is 12.2 Å². The molecule has 0 unspecified atom stereocenters. The van der Waals surface area contributed by atoms with Gasteiger partial charge in [0, 0.05) is 17.1 Å². The third kappa shape index (κ3) is 2.56. The maximum atomic E-state index is 10.6. The van der Waals surface area contributed by atoms with Crippen molar-refractivity contribution in [3.05, 3.63) is 45.4 Å². The molecule has 0 saturated carbocycles. The number of hydrogen-bond donors (Lipinski definition) is 1. The minimum absolute atomic E-state index is 0.0649. The standard InChI is InChI=1S/C9H9BrN2O2/c1-2-5-11-8-6-7(10)3-4-9(8)12(13)14/h2-4,6,11H,1,5H2. The summed E-state index contributed by atoms with van der Waals surface area (Å²) in [6, 6.07) is 4.76. The Hall–Kier alpha value is -1.36. The van der Waals surface area contributed by atoms with Crippen LogP contribution >= 0.6 is 15.9 Å². The van der Waals surface area contributed by atoms with Gasteiger partial charge in [-0.05, 0) is 12.1 Å². The van der Waals surface area contributed by atoms with Gasteiger partial charge >= 0.3 is 0 Å². The highest BCUT2D eigenvalue weighted by Gasteiger charge is 2.12. The molecule has 0 spiro atoms. The smallest absolute Gasteiger partial charge is 0.292 e. The topological polar surface area (TPSA) is 55.2 Å². The maximum absolute atomic E-state index is 10.6. The highest BCUT2D eigenvalue weighted by Crippen LogP contribution is 2.27. The number of nitrogens with one attached hydrogen (secondary N) is 1. The fraction of sp³-hybridized carbons (Fsp3) is 0.111. The monoisotopic (exact) mass is 256 g/mol. The molecule has 0 aliphatic carbocycles. The van der Waals surface area contributed by atoms with E-state index in [4.69, 9.17) is 0 Å². The lowest BCUT2D eigenvalue weighted by molar-refractivity contribution is -0.384. The Bertz CT molecular complexity index is 366. The van der Waals surface area contributed by atoms with Crippen LogP contribution in [0.2, 0.25) is 0 Å². The molecule has 14 heavy (non-hydrogen) atoms. The quantitative estimate of drug-likeness (QED) is 0.512. The number of benzene rings is 1. The molecule has 0 fully saturated rings. The van der Waals surface area contributed by atoms with E-state index in [2.05, 4.69) is 27.8 Å². The summed E-state index contributed by atoms with van der Waals surface area (Å²) in [5.41, 5.74) is 0.555. The van der Waals surface area contributed by atoms with Gasteiger partial charge in [0.2, 0.25) is 0 Å². The van der Waals surface area contributed by atoms with Crippen molar-refractivity contribution < 1.29 is 4.92 Å². The van der Waals surface area contributed by atoms with E-state index in [-0.39, 0.29) is 5.69 Å². The first-order valence-electron chi connectivity index (χ1n) is 3.94. The van der Waals surface area contributed by atoms with Crippen LogP contribution in [0, 0.1) is 10.1 Å². The fourth-order valence-corrected chi connectivity index (χ4v) is 1.35. The summed E-state index contributed by atoms with van der Waals surface area (Å²) >= 11 is 3.25. The van der Waals surface area contributed by atoms with Crippen molar-refractivity contribution in [1.29, 1.82) is 0 Å². The maximum Gasteiger partial charge on any atom is 0.292 e. The van der Waals surface area contributed by atoms with Crippen LogP contribution in [0.4, 0.5) is 11.4 Å². The average molecular weight is 257 g/mol. The van der Waals surface area contributed by atoms with Crippen LogP contribution in [0.5, 0.6) is 0 Å². The van der Waals surface area contributed by atoms with Crippen LogP contribution in [0.1, 0.15) is 0 Å². The second-order valence-electron chi connectivity index (χ2n) is 2.59. The number of nitro groups is 1. The number of rotatable bonds is 4. The van der Waals surface area contributed by atoms with Crippen LogP contribution in [0.25, 0.3) is 0 Å². The van der Waals surface area contributed by atoms with Gasteiger partial charge in [-0.1, -0.05) is 22.0 Å². The van der Waals surface area contributed by atoms with Gasteiger partial charge in [0.25, 0.3) is 5.69 Å². The van der Waals surface area contributed by atoms with Crippen molar-refractivity contribution in [2.24, 2.45) is 0 Å². The Balaban J connectivity index is 3.02. The molecule has 0 aromatic heterocycles. The van der Waals surface area contributed by atoms with Crippen LogP contribution in [-0.2, 0) is 0 Å². The zero-order valence-corrected chi connectivity index (χ0v) is 8.95.